The summed E-state index contributed by atoms with van der Waals surface area (Å²) in [7, 11) is 3.24. The summed E-state index contributed by atoms with van der Waals surface area (Å²) in [6.45, 7) is 1.21. The van der Waals surface area contributed by atoms with Gasteiger partial charge >= 0.3 is 5.97 Å². The molecule has 21 heavy (non-hydrogen) atoms. The molecule has 5 nitrogen and oxygen atoms in total. The third-order valence-electron chi connectivity index (χ3n) is 3.56. The fourth-order valence-electron chi connectivity index (χ4n) is 2.50. The number of ether oxygens (including phenoxy) is 2. The SMILES string of the molecule is COC1CN(c2ccc(F)cc2/C=C/C(=O)O)CC1OC. The Hall–Kier alpha value is -1.92. The molecule has 1 aliphatic heterocycles. The van der Waals surface area contributed by atoms with Gasteiger partial charge in [0.25, 0.3) is 0 Å². The number of hydrogen-bond acceptors (Lipinski definition) is 4. The first kappa shape index (κ1) is 15.5. The summed E-state index contributed by atoms with van der Waals surface area (Å²) in [5.74, 6) is -1.48. The van der Waals surface area contributed by atoms with E-state index in [9.17, 15) is 9.18 Å². The van der Waals surface area contributed by atoms with Crippen molar-refractivity contribution in [3.8, 4) is 0 Å². The molecule has 2 unspecified atom stereocenters. The van der Waals surface area contributed by atoms with Crippen molar-refractivity contribution in [1.29, 1.82) is 0 Å². The van der Waals surface area contributed by atoms with Crippen molar-refractivity contribution in [3.63, 3.8) is 0 Å². The molecule has 2 rings (SSSR count). The predicted molar refractivity (Wildman–Crippen MR) is 76.9 cm³/mol. The van der Waals surface area contributed by atoms with Gasteiger partial charge in [0.2, 0.25) is 0 Å². The second-order valence-electron chi connectivity index (χ2n) is 4.83. The van der Waals surface area contributed by atoms with E-state index in [-0.39, 0.29) is 12.2 Å². The first-order chi connectivity index (χ1) is 10.0. The van der Waals surface area contributed by atoms with Crippen molar-refractivity contribution in [2.45, 2.75) is 12.2 Å². The third kappa shape index (κ3) is 3.59. The van der Waals surface area contributed by atoms with E-state index in [1.165, 1.54) is 18.2 Å². The molecular formula is C15H18FNO4. The van der Waals surface area contributed by atoms with Crippen molar-refractivity contribution in [3.05, 3.63) is 35.7 Å². The molecule has 0 radical (unpaired) electrons. The molecule has 0 saturated carbocycles. The van der Waals surface area contributed by atoms with Crippen molar-refractivity contribution < 1.29 is 23.8 Å². The summed E-state index contributed by atoms with van der Waals surface area (Å²) in [6, 6.07) is 4.31. The van der Waals surface area contributed by atoms with Crippen LogP contribution in [0.25, 0.3) is 6.08 Å². The zero-order chi connectivity index (χ0) is 15.4. The van der Waals surface area contributed by atoms with Gasteiger partial charge in [-0.2, -0.15) is 0 Å². The average molecular weight is 295 g/mol. The summed E-state index contributed by atoms with van der Waals surface area (Å²) in [5, 5.41) is 8.73. The van der Waals surface area contributed by atoms with Gasteiger partial charge in [-0.1, -0.05) is 0 Å². The van der Waals surface area contributed by atoms with Crippen molar-refractivity contribution in [1.82, 2.24) is 0 Å². The van der Waals surface area contributed by atoms with Gasteiger partial charge in [-0.25, -0.2) is 9.18 Å². The van der Waals surface area contributed by atoms with Crippen molar-refractivity contribution in [2.24, 2.45) is 0 Å². The maximum atomic E-state index is 13.4. The molecule has 0 aromatic heterocycles. The van der Waals surface area contributed by atoms with E-state index in [0.29, 0.717) is 18.7 Å². The Labute approximate surface area is 122 Å². The topological polar surface area (TPSA) is 59.0 Å². The lowest BCUT2D eigenvalue weighted by molar-refractivity contribution is -0.131. The highest BCUT2D eigenvalue weighted by atomic mass is 19.1. The van der Waals surface area contributed by atoms with E-state index in [1.807, 2.05) is 4.90 Å². The van der Waals surface area contributed by atoms with Crippen LogP contribution < -0.4 is 4.90 Å². The fourth-order valence-corrected chi connectivity index (χ4v) is 2.50. The Kier molecular flexibility index (Phi) is 4.93. The Morgan fingerprint density at radius 2 is 1.95 bits per heavy atom. The highest BCUT2D eigenvalue weighted by Crippen LogP contribution is 2.28. The van der Waals surface area contributed by atoms with Gasteiger partial charge in [-0.05, 0) is 24.3 Å². The number of anilines is 1. The van der Waals surface area contributed by atoms with Crippen LogP contribution in [0.5, 0.6) is 0 Å². The smallest absolute Gasteiger partial charge is 0.328 e. The molecule has 0 amide bonds. The van der Waals surface area contributed by atoms with Crippen LogP contribution in [-0.2, 0) is 14.3 Å². The summed E-state index contributed by atoms with van der Waals surface area (Å²) < 4.78 is 24.1. The van der Waals surface area contributed by atoms with Crippen LogP contribution in [0.4, 0.5) is 10.1 Å². The number of hydrogen-bond donors (Lipinski definition) is 1. The first-order valence-corrected chi connectivity index (χ1v) is 6.56. The molecule has 1 aromatic carbocycles. The molecule has 0 bridgehead atoms. The monoisotopic (exact) mass is 295 g/mol. The lowest BCUT2D eigenvalue weighted by Crippen LogP contribution is -2.27. The van der Waals surface area contributed by atoms with Gasteiger partial charge in [0, 0.05) is 44.6 Å². The van der Waals surface area contributed by atoms with Gasteiger partial charge in [0.1, 0.15) is 18.0 Å². The number of halogens is 1. The number of methoxy groups -OCH3 is 2. The van der Waals surface area contributed by atoms with Crippen LogP contribution in [0.15, 0.2) is 24.3 Å². The van der Waals surface area contributed by atoms with Crippen LogP contribution in [0.1, 0.15) is 5.56 Å². The van der Waals surface area contributed by atoms with Crippen molar-refractivity contribution >= 4 is 17.7 Å². The van der Waals surface area contributed by atoms with Gasteiger partial charge < -0.3 is 19.5 Å². The lowest BCUT2D eigenvalue weighted by Gasteiger charge is -2.20. The third-order valence-corrected chi connectivity index (χ3v) is 3.56. The first-order valence-electron chi connectivity index (χ1n) is 6.56. The molecule has 114 valence electrons. The van der Waals surface area contributed by atoms with E-state index in [4.69, 9.17) is 14.6 Å². The van der Waals surface area contributed by atoms with Crippen LogP contribution in [0.3, 0.4) is 0 Å². The maximum Gasteiger partial charge on any atom is 0.328 e. The molecule has 1 fully saturated rings. The average Bonchev–Trinajstić information content (AvgIpc) is 2.88. The maximum absolute atomic E-state index is 13.4. The Bertz CT molecular complexity index is 534. The molecule has 1 aromatic rings. The van der Waals surface area contributed by atoms with E-state index >= 15 is 0 Å². The number of carbonyl (C=O) groups is 1. The zero-order valence-electron chi connectivity index (χ0n) is 12.0. The molecule has 1 saturated heterocycles. The predicted octanol–water partition coefficient (Wildman–Crippen LogP) is 1.77. The molecule has 1 heterocycles. The Balaban J connectivity index is 2.29. The normalized spacial score (nSPS) is 22.1. The largest absolute Gasteiger partial charge is 0.478 e. The second-order valence-corrected chi connectivity index (χ2v) is 4.83. The van der Waals surface area contributed by atoms with E-state index in [0.717, 1.165) is 11.8 Å². The van der Waals surface area contributed by atoms with Gasteiger partial charge in [0.15, 0.2) is 0 Å². The number of aliphatic carboxylic acids is 1. The number of carboxylic acids is 1. The van der Waals surface area contributed by atoms with Gasteiger partial charge in [0.05, 0.1) is 0 Å². The molecule has 2 atom stereocenters. The number of rotatable bonds is 5. The van der Waals surface area contributed by atoms with Crippen LogP contribution >= 0.6 is 0 Å². The molecule has 0 spiro atoms. The highest BCUT2D eigenvalue weighted by molar-refractivity contribution is 5.87. The molecule has 1 N–H and O–H groups in total. The molecule has 1 aliphatic rings. The summed E-state index contributed by atoms with van der Waals surface area (Å²) in [5.41, 5.74) is 1.28. The summed E-state index contributed by atoms with van der Waals surface area (Å²) in [4.78, 5) is 12.7. The fraction of sp³-hybridized carbons (Fsp3) is 0.400. The number of benzene rings is 1. The van der Waals surface area contributed by atoms with E-state index in [1.54, 1.807) is 20.3 Å². The minimum Gasteiger partial charge on any atom is -0.478 e. The van der Waals surface area contributed by atoms with Crippen molar-refractivity contribution in [2.75, 3.05) is 32.2 Å². The Morgan fingerprint density at radius 3 is 2.48 bits per heavy atom. The minimum atomic E-state index is -1.07. The van der Waals surface area contributed by atoms with Crippen LogP contribution in [-0.4, -0.2) is 50.6 Å². The van der Waals surface area contributed by atoms with E-state index < -0.39 is 11.8 Å². The standard InChI is InChI=1S/C15H18FNO4/c1-20-13-8-17(9-14(13)21-2)12-5-4-11(16)7-10(12)3-6-15(18)19/h3-7,13-14H,8-9H2,1-2H3,(H,18,19)/b6-3+. The quantitative estimate of drug-likeness (QED) is 0.839. The number of carboxylic acid groups (broad SMARTS) is 1. The zero-order valence-corrected chi connectivity index (χ0v) is 12.0. The lowest BCUT2D eigenvalue weighted by atomic mass is 10.1. The molecule has 0 aliphatic carbocycles. The van der Waals surface area contributed by atoms with Gasteiger partial charge in [-0.3, -0.25) is 0 Å². The summed E-state index contributed by atoms with van der Waals surface area (Å²) in [6.07, 6.45) is 2.24. The minimum absolute atomic E-state index is 0.0728. The summed E-state index contributed by atoms with van der Waals surface area (Å²) >= 11 is 0. The number of nitrogens with zero attached hydrogens (tertiary/aromatic N) is 1. The van der Waals surface area contributed by atoms with Crippen LogP contribution in [0, 0.1) is 5.82 Å². The highest BCUT2D eigenvalue weighted by Gasteiger charge is 2.33. The molecule has 6 heteroatoms. The van der Waals surface area contributed by atoms with E-state index in [2.05, 4.69) is 0 Å². The van der Waals surface area contributed by atoms with Gasteiger partial charge in [-0.15, -0.1) is 0 Å². The second kappa shape index (κ2) is 6.69. The Morgan fingerprint density at radius 1 is 1.33 bits per heavy atom. The van der Waals surface area contributed by atoms with Crippen LogP contribution in [0.2, 0.25) is 0 Å². The molecular weight excluding hydrogens is 277 g/mol.